The maximum atomic E-state index is 13.9. The summed E-state index contributed by atoms with van der Waals surface area (Å²) in [6.07, 6.45) is -4.65. The molecule has 0 unspecified atom stereocenters. The molecule has 1 aliphatic heterocycles. The summed E-state index contributed by atoms with van der Waals surface area (Å²) in [6.45, 7) is 0.954. The molecule has 7 rings (SSSR count). The van der Waals surface area contributed by atoms with Crippen LogP contribution in [0.5, 0.6) is 5.75 Å². The number of piperazine rings is 1. The zero-order chi connectivity index (χ0) is 34.5. The lowest BCUT2D eigenvalue weighted by Crippen LogP contribution is -2.48. The van der Waals surface area contributed by atoms with Crippen molar-refractivity contribution < 1.29 is 31.2 Å². The van der Waals surface area contributed by atoms with Crippen molar-refractivity contribution >= 4 is 42.9 Å². The molecule has 1 saturated heterocycles. The van der Waals surface area contributed by atoms with Crippen LogP contribution in [-0.2, 0) is 16.2 Å². The predicted octanol–water partition coefficient (Wildman–Crippen LogP) is 7.29. The van der Waals surface area contributed by atoms with Crippen LogP contribution in [0.2, 0.25) is 0 Å². The van der Waals surface area contributed by atoms with Crippen LogP contribution < -0.4 is 9.64 Å². The third-order valence-electron chi connectivity index (χ3n) is 8.71. The van der Waals surface area contributed by atoms with Gasteiger partial charge in [0.15, 0.2) is 5.69 Å². The number of nitro benzene ring substituents is 1. The Morgan fingerprint density at radius 1 is 0.796 bits per heavy atom. The van der Waals surface area contributed by atoms with Crippen molar-refractivity contribution in [2.24, 2.45) is 0 Å². The molecule has 0 radical (unpaired) electrons. The van der Waals surface area contributed by atoms with Gasteiger partial charge in [-0.1, -0.05) is 48.5 Å². The highest BCUT2D eigenvalue weighted by Crippen LogP contribution is 2.36. The highest BCUT2D eigenvalue weighted by Gasteiger charge is 2.36. The van der Waals surface area contributed by atoms with Crippen molar-refractivity contribution in [3.63, 3.8) is 0 Å². The number of benzene rings is 5. The van der Waals surface area contributed by atoms with Crippen molar-refractivity contribution in [1.29, 1.82) is 0 Å². The lowest BCUT2D eigenvalue weighted by molar-refractivity contribution is -0.385. The molecule has 0 amide bonds. The van der Waals surface area contributed by atoms with E-state index < -0.39 is 26.8 Å². The first kappa shape index (κ1) is 32.1. The van der Waals surface area contributed by atoms with Crippen molar-refractivity contribution in [3.05, 3.63) is 119 Å². The van der Waals surface area contributed by atoms with E-state index in [1.807, 2.05) is 53.4 Å². The Labute approximate surface area is 278 Å². The zero-order valence-corrected chi connectivity index (χ0v) is 26.8. The average molecular weight is 688 g/mol. The van der Waals surface area contributed by atoms with Gasteiger partial charge in [0.2, 0.25) is 10.0 Å². The standard InChI is InChI=1S/C35H28F3N5O5S/c1-48-32-21-28(43(44)45)13-15-33(32)49(46,47)41-18-16-40(17-19-41)26-9-11-27(12-10-26)42-31(22-34(39-42)35(36,37)38)25-8-14-30-24(20-25)7-6-23-4-2-3-5-29(23)30/h2-15,20-22H,16-19H2,1H3. The van der Waals surface area contributed by atoms with Crippen LogP contribution in [0.4, 0.5) is 24.5 Å². The van der Waals surface area contributed by atoms with Gasteiger partial charge in [0.25, 0.3) is 5.69 Å². The van der Waals surface area contributed by atoms with E-state index in [1.54, 1.807) is 30.3 Å². The number of nitrogens with zero attached hydrogens (tertiary/aromatic N) is 5. The molecule has 5 aromatic carbocycles. The first-order chi connectivity index (χ1) is 23.4. The number of non-ortho nitro benzene ring substituents is 1. The summed E-state index contributed by atoms with van der Waals surface area (Å²) in [7, 11) is -2.76. The van der Waals surface area contributed by atoms with Crippen LogP contribution in [0, 0.1) is 10.1 Å². The van der Waals surface area contributed by atoms with Gasteiger partial charge >= 0.3 is 6.18 Å². The van der Waals surface area contributed by atoms with Crippen molar-refractivity contribution in [2.45, 2.75) is 11.1 Å². The number of halogens is 3. The summed E-state index contributed by atoms with van der Waals surface area (Å²) in [4.78, 5) is 12.3. The number of fused-ring (bicyclic) bond motifs is 3. The fourth-order valence-corrected chi connectivity index (χ4v) is 7.77. The Balaban J connectivity index is 1.14. The van der Waals surface area contributed by atoms with Crippen LogP contribution in [0.25, 0.3) is 38.5 Å². The summed E-state index contributed by atoms with van der Waals surface area (Å²) in [5, 5.41) is 19.1. The lowest BCUT2D eigenvalue weighted by atomic mass is 9.99. The predicted molar refractivity (Wildman–Crippen MR) is 180 cm³/mol. The number of anilines is 1. The smallest absolute Gasteiger partial charge is 0.435 e. The van der Waals surface area contributed by atoms with Gasteiger partial charge in [0, 0.05) is 43.5 Å². The van der Waals surface area contributed by atoms with Gasteiger partial charge < -0.3 is 9.64 Å². The minimum atomic E-state index is -4.65. The molecule has 14 heteroatoms. The maximum absolute atomic E-state index is 13.9. The van der Waals surface area contributed by atoms with E-state index in [0.717, 1.165) is 45.4 Å². The fourth-order valence-electron chi connectivity index (χ4n) is 6.21. The number of rotatable bonds is 7. The van der Waals surface area contributed by atoms with Crippen LogP contribution in [0.1, 0.15) is 5.69 Å². The number of ether oxygens (including phenoxy) is 1. The highest BCUT2D eigenvalue weighted by molar-refractivity contribution is 7.89. The van der Waals surface area contributed by atoms with E-state index in [9.17, 15) is 31.7 Å². The fraction of sp³-hybridized carbons (Fsp3) is 0.171. The second-order valence-corrected chi connectivity index (χ2v) is 13.5. The van der Waals surface area contributed by atoms with Gasteiger partial charge in [-0.25, -0.2) is 13.1 Å². The van der Waals surface area contributed by atoms with Crippen LogP contribution >= 0.6 is 0 Å². The molecule has 1 fully saturated rings. The molecule has 0 saturated carbocycles. The number of sulfonamides is 1. The van der Waals surface area contributed by atoms with Gasteiger partial charge in [-0.05, 0) is 64.0 Å². The number of hydrogen-bond acceptors (Lipinski definition) is 7. The van der Waals surface area contributed by atoms with Gasteiger partial charge in [0.05, 0.1) is 29.5 Å². The number of aromatic nitrogens is 2. The van der Waals surface area contributed by atoms with E-state index in [4.69, 9.17) is 4.74 Å². The topological polar surface area (TPSA) is 111 Å². The SMILES string of the molecule is COc1cc([N+](=O)[O-])ccc1S(=O)(=O)N1CCN(c2ccc(-n3nc(C(F)(F)F)cc3-c3ccc4c(ccc5ccccc54)c3)cc2)CC1. The number of alkyl halides is 3. The Morgan fingerprint density at radius 3 is 2.16 bits per heavy atom. The molecule has 49 heavy (non-hydrogen) atoms. The lowest BCUT2D eigenvalue weighted by Gasteiger charge is -2.35. The molecular formula is C35H28F3N5O5S. The van der Waals surface area contributed by atoms with E-state index in [1.165, 1.54) is 22.2 Å². The normalized spacial score (nSPS) is 14.4. The minimum Gasteiger partial charge on any atom is -0.495 e. The van der Waals surface area contributed by atoms with Gasteiger partial charge in [-0.15, -0.1) is 0 Å². The first-order valence-corrected chi connectivity index (χ1v) is 16.7. The Bertz CT molecular complexity index is 2340. The molecule has 0 aliphatic carbocycles. The third kappa shape index (κ3) is 5.93. The second kappa shape index (κ2) is 12.2. The van der Waals surface area contributed by atoms with Crippen LogP contribution in [0.15, 0.2) is 108 Å². The van der Waals surface area contributed by atoms with Gasteiger partial charge in [-0.3, -0.25) is 10.1 Å². The molecule has 1 aromatic heterocycles. The largest absolute Gasteiger partial charge is 0.495 e. The van der Waals surface area contributed by atoms with Gasteiger partial charge in [0.1, 0.15) is 10.6 Å². The second-order valence-electron chi connectivity index (χ2n) is 11.5. The Kier molecular flexibility index (Phi) is 7.99. The zero-order valence-electron chi connectivity index (χ0n) is 26.0. The Hall–Kier alpha value is -5.47. The first-order valence-electron chi connectivity index (χ1n) is 15.2. The van der Waals surface area contributed by atoms with E-state index in [0.29, 0.717) is 24.3 Å². The number of nitro groups is 1. The minimum absolute atomic E-state index is 0.115. The molecule has 6 aromatic rings. The quantitative estimate of drug-likeness (QED) is 0.0985. The summed E-state index contributed by atoms with van der Waals surface area (Å²) >= 11 is 0. The average Bonchev–Trinajstić information content (AvgIpc) is 3.58. The molecule has 250 valence electrons. The summed E-state index contributed by atoms with van der Waals surface area (Å²) in [6, 6.07) is 28.8. The maximum Gasteiger partial charge on any atom is 0.435 e. The number of methoxy groups -OCH3 is 1. The third-order valence-corrected chi connectivity index (χ3v) is 10.7. The molecular weight excluding hydrogens is 659 g/mol. The van der Waals surface area contributed by atoms with Crippen LogP contribution in [0.3, 0.4) is 0 Å². The number of hydrogen-bond donors (Lipinski definition) is 0. The highest BCUT2D eigenvalue weighted by atomic mass is 32.2. The molecule has 0 atom stereocenters. The van der Waals surface area contributed by atoms with Crippen molar-refractivity contribution in [1.82, 2.24) is 14.1 Å². The van der Waals surface area contributed by atoms with E-state index >= 15 is 0 Å². The molecule has 0 bridgehead atoms. The van der Waals surface area contributed by atoms with Crippen molar-refractivity contribution in [3.8, 4) is 22.7 Å². The van der Waals surface area contributed by atoms with Crippen LogP contribution in [-0.4, -0.2) is 60.7 Å². The monoisotopic (exact) mass is 687 g/mol. The Morgan fingerprint density at radius 2 is 1.47 bits per heavy atom. The van der Waals surface area contributed by atoms with E-state index in [-0.39, 0.29) is 35.1 Å². The summed E-state index contributed by atoms with van der Waals surface area (Å²) in [5.41, 5.74) is 0.766. The molecule has 10 nitrogen and oxygen atoms in total. The molecule has 0 spiro atoms. The summed E-state index contributed by atoms with van der Waals surface area (Å²) < 4.78 is 76.3. The molecule has 1 aliphatic rings. The van der Waals surface area contributed by atoms with E-state index in [2.05, 4.69) is 5.10 Å². The molecule has 2 heterocycles. The summed E-state index contributed by atoms with van der Waals surface area (Å²) in [5.74, 6) is -0.115. The van der Waals surface area contributed by atoms with Gasteiger partial charge in [-0.2, -0.15) is 22.6 Å². The van der Waals surface area contributed by atoms with Crippen molar-refractivity contribution in [2.75, 3.05) is 38.2 Å². The molecule has 0 N–H and O–H groups in total.